The maximum absolute atomic E-state index is 14.5. The molecule has 4 rings (SSSR count). The van der Waals surface area contributed by atoms with Crippen molar-refractivity contribution in [2.24, 2.45) is 5.92 Å². The van der Waals surface area contributed by atoms with E-state index in [0.717, 1.165) is 0 Å². The number of carboxylic acids is 1. The monoisotopic (exact) mass is 420 g/mol. The molecule has 12 heteroatoms. The minimum absolute atomic E-state index is 0.107. The van der Waals surface area contributed by atoms with Gasteiger partial charge in [-0.1, -0.05) is 0 Å². The van der Waals surface area contributed by atoms with Crippen LogP contribution >= 0.6 is 0 Å². The van der Waals surface area contributed by atoms with Crippen LogP contribution in [0.1, 0.15) is 6.42 Å². The number of nitrogens with zero attached hydrogens (tertiary/aromatic N) is 6. The highest BCUT2D eigenvalue weighted by Gasteiger charge is 2.49. The maximum Gasteiger partial charge on any atom is 0.319 e. The van der Waals surface area contributed by atoms with Crippen LogP contribution in [0.3, 0.4) is 0 Å². The van der Waals surface area contributed by atoms with Crippen LogP contribution in [-0.4, -0.2) is 68.9 Å². The number of hydrogen-bond donors (Lipinski definition) is 1. The van der Waals surface area contributed by atoms with Gasteiger partial charge in [0.25, 0.3) is 5.92 Å². The van der Waals surface area contributed by atoms with E-state index in [1.807, 2.05) is 0 Å². The van der Waals surface area contributed by atoms with Gasteiger partial charge >= 0.3 is 12.0 Å². The molecule has 10 nitrogen and oxygen atoms in total. The number of anilines is 1. The lowest BCUT2D eigenvalue weighted by atomic mass is 10.0. The van der Waals surface area contributed by atoms with Crippen molar-refractivity contribution in [1.29, 1.82) is 0 Å². The lowest BCUT2D eigenvalue weighted by Crippen LogP contribution is -2.29. The van der Waals surface area contributed by atoms with E-state index in [-0.39, 0.29) is 18.4 Å². The van der Waals surface area contributed by atoms with Gasteiger partial charge in [-0.05, 0) is 6.07 Å². The summed E-state index contributed by atoms with van der Waals surface area (Å²) in [7, 11) is 2.85. The molecule has 0 saturated carbocycles. The largest absolute Gasteiger partial charge is 0.481 e. The Kier molecular flexibility index (Phi) is 4.84. The lowest BCUT2D eigenvalue weighted by Gasteiger charge is -2.19. The standard InChI is InChI=1S/C18H18F2N6O4/c1-29-16-11(7-22-17(23-16)30-2)12-6-13(15-21-3-4-26(15)24-12)25-8-10(5-14(27)28)18(19,20)9-25/h3-4,6-7,10H,5,8-9H2,1-2H3,(H,27,28). The van der Waals surface area contributed by atoms with Crippen LogP contribution < -0.4 is 14.4 Å². The Balaban J connectivity index is 1.79. The molecule has 4 heterocycles. The first-order valence-electron chi connectivity index (χ1n) is 8.96. The Morgan fingerprint density at radius 2 is 2.13 bits per heavy atom. The summed E-state index contributed by atoms with van der Waals surface area (Å²) in [6.07, 6.45) is 3.93. The number of fused-ring (bicyclic) bond motifs is 1. The molecule has 30 heavy (non-hydrogen) atoms. The van der Waals surface area contributed by atoms with Crippen LogP contribution in [0.2, 0.25) is 0 Å². The van der Waals surface area contributed by atoms with Crippen molar-refractivity contribution in [3.8, 4) is 23.1 Å². The van der Waals surface area contributed by atoms with E-state index < -0.39 is 30.8 Å². The number of carbonyl (C=O) groups is 1. The molecule has 1 N–H and O–H groups in total. The average Bonchev–Trinajstić information content (AvgIpc) is 3.30. The molecule has 0 aliphatic carbocycles. The van der Waals surface area contributed by atoms with Crippen molar-refractivity contribution in [3.05, 3.63) is 24.7 Å². The van der Waals surface area contributed by atoms with Gasteiger partial charge in [-0.3, -0.25) is 4.79 Å². The summed E-state index contributed by atoms with van der Waals surface area (Å²) >= 11 is 0. The molecule has 1 aliphatic rings. The molecular formula is C18H18F2N6O4. The zero-order valence-corrected chi connectivity index (χ0v) is 16.1. The number of aromatic nitrogens is 5. The van der Waals surface area contributed by atoms with Crippen LogP contribution in [0.15, 0.2) is 24.7 Å². The van der Waals surface area contributed by atoms with E-state index >= 15 is 0 Å². The van der Waals surface area contributed by atoms with E-state index in [9.17, 15) is 13.6 Å². The Bertz CT molecular complexity index is 1110. The molecule has 158 valence electrons. The number of rotatable bonds is 6. The topological polar surface area (TPSA) is 115 Å². The van der Waals surface area contributed by atoms with E-state index in [1.54, 1.807) is 12.3 Å². The molecule has 1 aliphatic heterocycles. The zero-order chi connectivity index (χ0) is 21.5. The highest BCUT2D eigenvalue weighted by molar-refractivity contribution is 5.76. The van der Waals surface area contributed by atoms with Gasteiger partial charge in [-0.25, -0.2) is 23.3 Å². The molecule has 0 spiro atoms. The van der Waals surface area contributed by atoms with Crippen molar-refractivity contribution in [1.82, 2.24) is 24.6 Å². The molecule has 1 saturated heterocycles. The maximum atomic E-state index is 14.5. The summed E-state index contributed by atoms with van der Waals surface area (Å²) in [5.41, 5.74) is 1.58. The van der Waals surface area contributed by atoms with Crippen LogP contribution in [-0.2, 0) is 4.79 Å². The van der Waals surface area contributed by atoms with Gasteiger partial charge in [0.1, 0.15) is 5.69 Å². The smallest absolute Gasteiger partial charge is 0.319 e. The number of halogens is 2. The van der Waals surface area contributed by atoms with Crippen molar-refractivity contribution in [2.45, 2.75) is 12.3 Å². The molecule has 0 bridgehead atoms. The summed E-state index contributed by atoms with van der Waals surface area (Å²) in [4.78, 5) is 24.8. The van der Waals surface area contributed by atoms with Crippen LogP contribution in [0.4, 0.5) is 14.5 Å². The fourth-order valence-electron chi connectivity index (χ4n) is 3.50. The summed E-state index contributed by atoms with van der Waals surface area (Å²) in [6.45, 7) is -0.741. The van der Waals surface area contributed by atoms with E-state index in [4.69, 9.17) is 14.6 Å². The van der Waals surface area contributed by atoms with Gasteiger partial charge < -0.3 is 19.5 Å². The predicted molar refractivity (Wildman–Crippen MR) is 100 cm³/mol. The third kappa shape index (κ3) is 3.44. The summed E-state index contributed by atoms with van der Waals surface area (Å²) < 4.78 is 40.7. The Hall–Kier alpha value is -3.57. The normalized spacial score (nSPS) is 18.0. The first kappa shape index (κ1) is 19.7. The van der Waals surface area contributed by atoms with Crippen molar-refractivity contribution in [3.63, 3.8) is 0 Å². The Morgan fingerprint density at radius 1 is 1.33 bits per heavy atom. The number of hydrogen-bond acceptors (Lipinski definition) is 8. The van der Waals surface area contributed by atoms with Gasteiger partial charge in [-0.2, -0.15) is 10.1 Å². The van der Waals surface area contributed by atoms with Crippen LogP contribution in [0.5, 0.6) is 11.9 Å². The summed E-state index contributed by atoms with van der Waals surface area (Å²) in [5.74, 6) is -5.51. The van der Waals surface area contributed by atoms with Crippen LogP contribution in [0, 0.1) is 5.92 Å². The second-order valence-corrected chi connectivity index (χ2v) is 6.83. The summed E-state index contributed by atoms with van der Waals surface area (Å²) in [5, 5.41) is 13.4. The first-order chi connectivity index (χ1) is 14.3. The predicted octanol–water partition coefficient (Wildman–Crippen LogP) is 1.75. The lowest BCUT2D eigenvalue weighted by molar-refractivity contribution is -0.141. The molecule has 0 amide bonds. The van der Waals surface area contributed by atoms with Gasteiger partial charge in [0, 0.05) is 25.1 Å². The van der Waals surface area contributed by atoms with Crippen molar-refractivity contribution < 1.29 is 28.2 Å². The quantitative estimate of drug-likeness (QED) is 0.637. The fraction of sp³-hybridized carbons (Fsp3) is 0.389. The first-order valence-corrected chi connectivity index (χ1v) is 8.96. The number of aliphatic carboxylic acids is 1. The number of ether oxygens (including phenoxy) is 2. The number of alkyl halides is 2. The third-order valence-corrected chi connectivity index (χ3v) is 4.92. The molecular weight excluding hydrogens is 402 g/mol. The van der Waals surface area contributed by atoms with E-state index in [2.05, 4.69) is 20.1 Å². The molecule has 3 aromatic rings. The summed E-state index contributed by atoms with van der Waals surface area (Å²) in [6, 6.07) is 1.70. The highest BCUT2D eigenvalue weighted by atomic mass is 19.3. The zero-order valence-electron chi connectivity index (χ0n) is 16.1. The molecule has 3 aromatic heterocycles. The SMILES string of the molecule is COc1ncc(-c2cc(N3CC(CC(=O)O)C(F)(F)C3)c3nccn3n2)c(OC)n1. The number of imidazole rings is 1. The minimum Gasteiger partial charge on any atom is -0.481 e. The number of carboxylic acid groups (broad SMARTS) is 1. The van der Waals surface area contributed by atoms with E-state index in [0.29, 0.717) is 22.6 Å². The minimum atomic E-state index is -3.15. The third-order valence-electron chi connectivity index (χ3n) is 4.92. The van der Waals surface area contributed by atoms with Gasteiger partial charge in [0.15, 0.2) is 5.65 Å². The Morgan fingerprint density at radius 3 is 2.83 bits per heavy atom. The van der Waals surface area contributed by atoms with Gasteiger partial charge in [0.05, 0.1) is 44.4 Å². The van der Waals surface area contributed by atoms with Crippen molar-refractivity contribution >= 4 is 17.3 Å². The highest BCUT2D eigenvalue weighted by Crippen LogP contribution is 2.40. The molecule has 0 aromatic carbocycles. The molecule has 1 atom stereocenters. The molecule has 1 unspecified atom stereocenters. The number of methoxy groups -OCH3 is 2. The average molecular weight is 420 g/mol. The van der Waals surface area contributed by atoms with Crippen LogP contribution in [0.25, 0.3) is 16.9 Å². The molecule has 1 fully saturated rings. The molecule has 0 radical (unpaired) electrons. The van der Waals surface area contributed by atoms with Crippen molar-refractivity contribution in [2.75, 3.05) is 32.2 Å². The van der Waals surface area contributed by atoms with Gasteiger partial charge in [-0.15, -0.1) is 0 Å². The Labute approximate surface area is 169 Å². The van der Waals surface area contributed by atoms with Gasteiger partial charge in [0.2, 0.25) is 5.88 Å². The fourth-order valence-corrected chi connectivity index (χ4v) is 3.50. The second kappa shape index (κ2) is 7.35. The second-order valence-electron chi connectivity index (χ2n) is 6.83. The van der Waals surface area contributed by atoms with E-state index in [1.165, 1.54) is 36.0 Å².